The molecule has 0 aromatic carbocycles. The van der Waals surface area contributed by atoms with E-state index in [0.717, 1.165) is 17.9 Å². The topological polar surface area (TPSA) is 12.0 Å². The van der Waals surface area contributed by atoms with Gasteiger partial charge < -0.3 is 5.32 Å². The van der Waals surface area contributed by atoms with Crippen molar-refractivity contribution in [2.45, 2.75) is 64.8 Å². The Morgan fingerprint density at radius 1 is 1.07 bits per heavy atom. The maximum absolute atomic E-state index is 3.63. The molecule has 1 heteroatoms. The van der Waals surface area contributed by atoms with Crippen LogP contribution in [0.2, 0.25) is 0 Å². The van der Waals surface area contributed by atoms with Crippen molar-refractivity contribution in [2.75, 3.05) is 7.05 Å². The minimum atomic E-state index is 0.571. The van der Waals surface area contributed by atoms with Gasteiger partial charge in [0.1, 0.15) is 0 Å². The standard InChI is InChI=1S/C14H27N/c1-14(2)10-5-4-9-12(14)13(15-3)11-7-6-8-11/h11-13,15H,4-10H2,1-3H3. The van der Waals surface area contributed by atoms with Crippen molar-refractivity contribution in [1.29, 1.82) is 0 Å². The summed E-state index contributed by atoms with van der Waals surface area (Å²) in [5, 5.41) is 3.63. The summed E-state index contributed by atoms with van der Waals surface area (Å²) in [6.45, 7) is 4.97. The molecular formula is C14H27N. The molecule has 88 valence electrons. The highest BCUT2D eigenvalue weighted by Crippen LogP contribution is 2.46. The van der Waals surface area contributed by atoms with Crippen molar-refractivity contribution in [3.8, 4) is 0 Å². The Hall–Kier alpha value is -0.0400. The number of nitrogens with one attached hydrogen (secondary N) is 1. The molecule has 0 aromatic heterocycles. The van der Waals surface area contributed by atoms with Gasteiger partial charge in [0.05, 0.1) is 0 Å². The molecule has 0 aliphatic heterocycles. The average Bonchev–Trinajstić information content (AvgIpc) is 2.11. The molecule has 2 atom stereocenters. The van der Waals surface area contributed by atoms with E-state index in [0.29, 0.717) is 5.41 Å². The van der Waals surface area contributed by atoms with Crippen LogP contribution in [0.25, 0.3) is 0 Å². The number of hydrogen-bond acceptors (Lipinski definition) is 1. The lowest BCUT2D eigenvalue weighted by Crippen LogP contribution is -2.49. The Balaban J connectivity index is 2.04. The molecule has 1 N–H and O–H groups in total. The van der Waals surface area contributed by atoms with E-state index in [1.54, 1.807) is 0 Å². The Morgan fingerprint density at radius 2 is 1.80 bits per heavy atom. The molecule has 2 rings (SSSR count). The lowest BCUT2D eigenvalue weighted by atomic mass is 9.61. The van der Waals surface area contributed by atoms with Crippen LogP contribution >= 0.6 is 0 Å². The fourth-order valence-electron chi connectivity index (χ4n) is 3.75. The zero-order valence-electron chi connectivity index (χ0n) is 10.7. The molecule has 0 spiro atoms. The summed E-state index contributed by atoms with van der Waals surface area (Å²) in [4.78, 5) is 0. The molecule has 0 heterocycles. The second-order valence-corrected chi connectivity index (χ2v) is 6.35. The Kier molecular flexibility index (Phi) is 3.39. The molecule has 2 aliphatic rings. The van der Waals surface area contributed by atoms with Crippen LogP contribution < -0.4 is 5.32 Å². The first-order chi connectivity index (χ1) is 7.15. The molecular weight excluding hydrogens is 182 g/mol. The van der Waals surface area contributed by atoms with Crippen molar-refractivity contribution < 1.29 is 0 Å². The zero-order valence-corrected chi connectivity index (χ0v) is 10.7. The third-order valence-corrected chi connectivity index (χ3v) is 5.01. The van der Waals surface area contributed by atoms with Crippen LogP contribution in [0.1, 0.15) is 58.8 Å². The van der Waals surface area contributed by atoms with Crippen molar-refractivity contribution >= 4 is 0 Å². The highest BCUT2D eigenvalue weighted by atomic mass is 14.9. The van der Waals surface area contributed by atoms with E-state index in [1.165, 1.54) is 44.9 Å². The van der Waals surface area contributed by atoms with Gasteiger partial charge in [0, 0.05) is 6.04 Å². The van der Waals surface area contributed by atoms with Gasteiger partial charge in [-0.15, -0.1) is 0 Å². The predicted molar refractivity (Wildman–Crippen MR) is 65.9 cm³/mol. The Labute approximate surface area is 95.0 Å². The third kappa shape index (κ3) is 2.22. The largest absolute Gasteiger partial charge is 0.316 e. The predicted octanol–water partition coefficient (Wildman–Crippen LogP) is 3.59. The normalized spacial score (nSPS) is 33.4. The smallest absolute Gasteiger partial charge is 0.0126 e. The summed E-state index contributed by atoms with van der Waals surface area (Å²) in [5.41, 5.74) is 0.571. The molecule has 2 unspecified atom stereocenters. The average molecular weight is 209 g/mol. The minimum absolute atomic E-state index is 0.571. The quantitative estimate of drug-likeness (QED) is 0.749. The Morgan fingerprint density at radius 3 is 2.27 bits per heavy atom. The fourth-order valence-corrected chi connectivity index (χ4v) is 3.75. The van der Waals surface area contributed by atoms with Gasteiger partial charge in [-0.3, -0.25) is 0 Å². The first kappa shape index (κ1) is 11.4. The summed E-state index contributed by atoms with van der Waals surface area (Å²) in [7, 11) is 2.17. The summed E-state index contributed by atoms with van der Waals surface area (Å²) in [5.74, 6) is 1.90. The summed E-state index contributed by atoms with van der Waals surface area (Å²) < 4.78 is 0. The lowest BCUT2D eigenvalue weighted by molar-refractivity contribution is 0.0548. The first-order valence-electron chi connectivity index (χ1n) is 6.82. The molecule has 0 saturated heterocycles. The highest BCUT2D eigenvalue weighted by Gasteiger charge is 2.41. The molecule has 2 fully saturated rings. The molecule has 0 amide bonds. The fraction of sp³-hybridized carbons (Fsp3) is 1.00. The minimum Gasteiger partial charge on any atom is -0.316 e. The van der Waals surface area contributed by atoms with E-state index < -0.39 is 0 Å². The van der Waals surface area contributed by atoms with Crippen LogP contribution in [0.3, 0.4) is 0 Å². The van der Waals surface area contributed by atoms with Gasteiger partial charge in [-0.2, -0.15) is 0 Å². The first-order valence-corrected chi connectivity index (χ1v) is 6.82. The number of hydrogen-bond donors (Lipinski definition) is 1. The van der Waals surface area contributed by atoms with Crippen molar-refractivity contribution in [3.63, 3.8) is 0 Å². The van der Waals surface area contributed by atoms with Crippen LogP contribution in [0.4, 0.5) is 0 Å². The van der Waals surface area contributed by atoms with Crippen LogP contribution in [0, 0.1) is 17.3 Å². The van der Waals surface area contributed by atoms with Crippen LogP contribution in [-0.4, -0.2) is 13.1 Å². The maximum atomic E-state index is 3.63. The molecule has 0 aromatic rings. The van der Waals surface area contributed by atoms with Gasteiger partial charge in [0.15, 0.2) is 0 Å². The van der Waals surface area contributed by atoms with Crippen LogP contribution in [0.15, 0.2) is 0 Å². The van der Waals surface area contributed by atoms with E-state index in [2.05, 4.69) is 26.2 Å². The summed E-state index contributed by atoms with van der Waals surface area (Å²) in [6, 6.07) is 0.800. The molecule has 0 bridgehead atoms. The molecule has 1 nitrogen and oxygen atoms in total. The van der Waals surface area contributed by atoms with E-state index in [1.807, 2.05) is 0 Å². The highest BCUT2D eigenvalue weighted by molar-refractivity contribution is 4.95. The third-order valence-electron chi connectivity index (χ3n) is 5.01. The lowest BCUT2D eigenvalue weighted by Gasteiger charge is -2.48. The van der Waals surface area contributed by atoms with Gasteiger partial charge in [0.25, 0.3) is 0 Å². The molecule has 0 radical (unpaired) electrons. The second kappa shape index (κ2) is 4.45. The van der Waals surface area contributed by atoms with Crippen molar-refractivity contribution in [3.05, 3.63) is 0 Å². The van der Waals surface area contributed by atoms with E-state index in [-0.39, 0.29) is 0 Å². The van der Waals surface area contributed by atoms with Gasteiger partial charge >= 0.3 is 0 Å². The molecule has 15 heavy (non-hydrogen) atoms. The zero-order chi connectivity index (χ0) is 10.9. The van der Waals surface area contributed by atoms with Gasteiger partial charge in [-0.1, -0.05) is 33.1 Å². The molecule has 2 saturated carbocycles. The van der Waals surface area contributed by atoms with Gasteiger partial charge in [-0.05, 0) is 50.0 Å². The van der Waals surface area contributed by atoms with E-state index in [4.69, 9.17) is 0 Å². The second-order valence-electron chi connectivity index (χ2n) is 6.35. The number of rotatable bonds is 3. The Bertz CT molecular complexity index is 205. The van der Waals surface area contributed by atoms with Gasteiger partial charge in [0.2, 0.25) is 0 Å². The SMILES string of the molecule is CNC(C1CCC1)C1CCCCC1(C)C. The monoisotopic (exact) mass is 209 g/mol. The van der Waals surface area contributed by atoms with Crippen molar-refractivity contribution in [1.82, 2.24) is 5.32 Å². The van der Waals surface area contributed by atoms with Crippen molar-refractivity contribution in [2.24, 2.45) is 17.3 Å². The van der Waals surface area contributed by atoms with Gasteiger partial charge in [-0.25, -0.2) is 0 Å². The molecule has 2 aliphatic carbocycles. The summed E-state index contributed by atoms with van der Waals surface area (Å²) >= 11 is 0. The van der Waals surface area contributed by atoms with Crippen LogP contribution in [0.5, 0.6) is 0 Å². The maximum Gasteiger partial charge on any atom is 0.0126 e. The summed E-state index contributed by atoms with van der Waals surface area (Å²) in [6.07, 6.45) is 10.2. The van der Waals surface area contributed by atoms with Crippen LogP contribution in [-0.2, 0) is 0 Å². The van der Waals surface area contributed by atoms with E-state index in [9.17, 15) is 0 Å². The van der Waals surface area contributed by atoms with E-state index >= 15 is 0 Å².